The standard InChI is InChI=1S/C17H17N3O3S3/c1-20(2)26(22,23)15-8-4-3-6-12(15)10-18-16(21)13-11-25-17(19-13)14-7-5-9-24-14/h3-9,11H,10H2,1-2H3,(H,18,21). The number of sulfonamides is 1. The molecule has 0 fully saturated rings. The molecule has 6 nitrogen and oxygen atoms in total. The van der Waals surface area contributed by atoms with Gasteiger partial charge >= 0.3 is 0 Å². The third kappa shape index (κ3) is 3.85. The van der Waals surface area contributed by atoms with Crippen LogP contribution in [-0.4, -0.2) is 37.7 Å². The summed E-state index contributed by atoms with van der Waals surface area (Å²) in [4.78, 5) is 17.9. The van der Waals surface area contributed by atoms with Crippen molar-refractivity contribution in [3.05, 3.63) is 58.4 Å². The van der Waals surface area contributed by atoms with Crippen LogP contribution < -0.4 is 5.32 Å². The van der Waals surface area contributed by atoms with Gasteiger partial charge in [0.1, 0.15) is 10.7 Å². The molecule has 0 unspecified atom stereocenters. The van der Waals surface area contributed by atoms with Crippen LogP contribution >= 0.6 is 22.7 Å². The van der Waals surface area contributed by atoms with Gasteiger partial charge in [-0.1, -0.05) is 24.3 Å². The number of nitrogens with one attached hydrogen (secondary N) is 1. The SMILES string of the molecule is CN(C)S(=O)(=O)c1ccccc1CNC(=O)c1csc(-c2cccs2)n1. The minimum absolute atomic E-state index is 0.105. The number of hydrogen-bond donors (Lipinski definition) is 1. The van der Waals surface area contributed by atoms with E-state index < -0.39 is 10.0 Å². The summed E-state index contributed by atoms with van der Waals surface area (Å²) in [5, 5.41) is 7.20. The Hall–Kier alpha value is -2.07. The predicted molar refractivity (Wildman–Crippen MR) is 104 cm³/mol. The fraction of sp³-hybridized carbons (Fsp3) is 0.176. The van der Waals surface area contributed by atoms with Crippen LogP contribution in [0.1, 0.15) is 16.1 Å². The Morgan fingerprint density at radius 1 is 1.15 bits per heavy atom. The first-order valence-electron chi connectivity index (χ1n) is 7.67. The molecule has 136 valence electrons. The highest BCUT2D eigenvalue weighted by atomic mass is 32.2. The molecule has 0 aliphatic heterocycles. The van der Waals surface area contributed by atoms with Crippen molar-refractivity contribution in [3.8, 4) is 9.88 Å². The van der Waals surface area contributed by atoms with E-state index in [2.05, 4.69) is 10.3 Å². The second kappa shape index (κ2) is 7.67. The van der Waals surface area contributed by atoms with Crippen molar-refractivity contribution >= 4 is 38.6 Å². The molecule has 2 aromatic heterocycles. The molecule has 9 heteroatoms. The molecule has 2 heterocycles. The third-order valence-corrected chi connectivity index (χ3v) is 7.44. The van der Waals surface area contributed by atoms with E-state index in [1.54, 1.807) is 34.9 Å². The Morgan fingerprint density at radius 3 is 2.62 bits per heavy atom. The number of benzene rings is 1. The highest BCUT2D eigenvalue weighted by Gasteiger charge is 2.21. The monoisotopic (exact) mass is 407 g/mol. The molecule has 1 N–H and O–H groups in total. The van der Waals surface area contributed by atoms with Crippen molar-refractivity contribution in [1.82, 2.24) is 14.6 Å². The van der Waals surface area contributed by atoms with Gasteiger partial charge in [-0.3, -0.25) is 4.79 Å². The second-order valence-corrected chi connectivity index (χ2v) is 9.52. The van der Waals surface area contributed by atoms with Crippen LogP contribution in [0, 0.1) is 0 Å². The Balaban J connectivity index is 1.75. The smallest absolute Gasteiger partial charge is 0.271 e. The van der Waals surface area contributed by atoms with Crippen LogP contribution in [0.3, 0.4) is 0 Å². The first-order valence-corrected chi connectivity index (χ1v) is 10.9. The van der Waals surface area contributed by atoms with E-state index in [1.807, 2.05) is 17.5 Å². The fourth-order valence-corrected chi connectivity index (χ4v) is 4.99. The molecule has 0 saturated heterocycles. The van der Waals surface area contributed by atoms with E-state index in [4.69, 9.17) is 0 Å². The molecular formula is C17H17N3O3S3. The number of nitrogens with zero attached hydrogens (tertiary/aromatic N) is 2. The normalized spacial score (nSPS) is 11.7. The maximum absolute atomic E-state index is 12.4. The molecule has 3 aromatic rings. The zero-order valence-corrected chi connectivity index (χ0v) is 16.6. The van der Waals surface area contributed by atoms with Gasteiger partial charge in [-0.2, -0.15) is 0 Å². The quantitative estimate of drug-likeness (QED) is 0.681. The number of amides is 1. The predicted octanol–water partition coefficient (Wildman–Crippen LogP) is 3.05. The zero-order chi connectivity index (χ0) is 18.7. The topological polar surface area (TPSA) is 79.4 Å². The Kier molecular flexibility index (Phi) is 5.52. The molecule has 0 bridgehead atoms. The van der Waals surface area contributed by atoms with E-state index in [0.717, 1.165) is 14.2 Å². The maximum Gasteiger partial charge on any atom is 0.271 e. The lowest BCUT2D eigenvalue weighted by atomic mass is 10.2. The molecule has 0 spiro atoms. The Labute approximate surface area is 160 Å². The van der Waals surface area contributed by atoms with Gasteiger partial charge in [-0.05, 0) is 23.1 Å². The second-order valence-electron chi connectivity index (χ2n) is 5.59. The van der Waals surface area contributed by atoms with Gasteiger partial charge in [0.15, 0.2) is 0 Å². The zero-order valence-electron chi connectivity index (χ0n) is 14.2. The largest absolute Gasteiger partial charge is 0.347 e. The lowest BCUT2D eigenvalue weighted by Crippen LogP contribution is -2.27. The average Bonchev–Trinajstić information content (AvgIpc) is 3.30. The number of rotatable bonds is 6. The van der Waals surface area contributed by atoms with Crippen LogP contribution in [0.2, 0.25) is 0 Å². The Morgan fingerprint density at radius 2 is 1.92 bits per heavy atom. The van der Waals surface area contributed by atoms with Gasteiger partial charge in [-0.25, -0.2) is 17.7 Å². The number of carbonyl (C=O) groups is 1. The molecule has 0 aliphatic carbocycles. The van der Waals surface area contributed by atoms with E-state index >= 15 is 0 Å². The molecule has 0 saturated carbocycles. The van der Waals surface area contributed by atoms with Crippen LogP contribution in [0.4, 0.5) is 0 Å². The molecule has 26 heavy (non-hydrogen) atoms. The van der Waals surface area contributed by atoms with Crippen molar-refractivity contribution in [2.24, 2.45) is 0 Å². The summed E-state index contributed by atoms with van der Waals surface area (Å²) in [6, 6.07) is 10.5. The highest BCUT2D eigenvalue weighted by molar-refractivity contribution is 7.89. The van der Waals surface area contributed by atoms with Crippen molar-refractivity contribution in [1.29, 1.82) is 0 Å². The van der Waals surface area contributed by atoms with Gasteiger partial charge < -0.3 is 5.32 Å². The molecule has 3 rings (SSSR count). The molecule has 0 radical (unpaired) electrons. The fourth-order valence-electron chi connectivity index (χ4n) is 2.26. The minimum Gasteiger partial charge on any atom is -0.347 e. The highest BCUT2D eigenvalue weighted by Crippen LogP contribution is 2.27. The van der Waals surface area contributed by atoms with Crippen LogP contribution in [0.25, 0.3) is 9.88 Å². The summed E-state index contributed by atoms with van der Waals surface area (Å²) >= 11 is 2.97. The van der Waals surface area contributed by atoms with Gasteiger partial charge in [0.05, 0.1) is 9.77 Å². The summed E-state index contributed by atoms with van der Waals surface area (Å²) in [6.45, 7) is 0.105. The lowest BCUT2D eigenvalue weighted by Gasteiger charge is -2.15. The Bertz CT molecular complexity index is 1010. The van der Waals surface area contributed by atoms with Gasteiger partial charge in [0, 0.05) is 26.0 Å². The lowest BCUT2D eigenvalue weighted by molar-refractivity contribution is 0.0946. The molecule has 1 aromatic carbocycles. The van der Waals surface area contributed by atoms with E-state index in [1.165, 1.54) is 31.5 Å². The van der Waals surface area contributed by atoms with Crippen molar-refractivity contribution < 1.29 is 13.2 Å². The van der Waals surface area contributed by atoms with Crippen LogP contribution in [0.15, 0.2) is 52.1 Å². The van der Waals surface area contributed by atoms with Gasteiger partial charge in [-0.15, -0.1) is 22.7 Å². The summed E-state index contributed by atoms with van der Waals surface area (Å²) in [6.07, 6.45) is 0. The number of carbonyl (C=O) groups excluding carboxylic acids is 1. The number of thiophene rings is 1. The van der Waals surface area contributed by atoms with Crippen LogP contribution in [-0.2, 0) is 16.6 Å². The van der Waals surface area contributed by atoms with Gasteiger partial charge in [0.25, 0.3) is 5.91 Å². The third-order valence-electron chi connectivity index (χ3n) is 3.64. The van der Waals surface area contributed by atoms with E-state index in [9.17, 15) is 13.2 Å². The summed E-state index contributed by atoms with van der Waals surface area (Å²) in [5.41, 5.74) is 0.856. The maximum atomic E-state index is 12.4. The van der Waals surface area contributed by atoms with Crippen molar-refractivity contribution in [3.63, 3.8) is 0 Å². The minimum atomic E-state index is -3.58. The van der Waals surface area contributed by atoms with Crippen molar-refractivity contribution in [2.75, 3.05) is 14.1 Å². The molecule has 0 atom stereocenters. The number of thiazole rings is 1. The molecule has 1 amide bonds. The first-order chi connectivity index (χ1) is 12.4. The van der Waals surface area contributed by atoms with E-state index in [-0.39, 0.29) is 17.3 Å². The molecule has 0 aliphatic rings. The summed E-state index contributed by atoms with van der Waals surface area (Å²) < 4.78 is 26.0. The average molecular weight is 408 g/mol. The first kappa shape index (κ1) is 18.7. The number of aromatic nitrogens is 1. The number of hydrogen-bond acceptors (Lipinski definition) is 6. The van der Waals surface area contributed by atoms with Gasteiger partial charge in [0.2, 0.25) is 10.0 Å². The molecular weight excluding hydrogens is 390 g/mol. The van der Waals surface area contributed by atoms with E-state index in [0.29, 0.717) is 11.3 Å². The summed E-state index contributed by atoms with van der Waals surface area (Å²) in [5.74, 6) is -0.332. The summed E-state index contributed by atoms with van der Waals surface area (Å²) in [7, 11) is -0.619. The van der Waals surface area contributed by atoms with Crippen molar-refractivity contribution in [2.45, 2.75) is 11.4 Å². The van der Waals surface area contributed by atoms with Crippen LogP contribution in [0.5, 0.6) is 0 Å².